The van der Waals surface area contributed by atoms with E-state index in [9.17, 15) is 0 Å². The Morgan fingerprint density at radius 3 is 2.38 bits per heavy atom. The molecule has 140 valence electrons. The molecule has 0 amide bonds. The van der Waals surface area contributed by atoms with Gasteiger partial charge in [0, 0.05) is 6.04 Å². The molecular formula is C24H33NO. The van der Waals surface area contributed by atoms with Crippen molar-refractivity contribution in [3.05, 3.63) is 65.7 Å². The van der Waals surface area contributed by atoms with Crippen LogP contribution in [0.5, 0.6) is 5.75 Å². The second-order valence-electron chi connectivity index (χ2n) is 7.66. The van der Waals surface area contributed by atoms with Crippen molar-refractivity contribution < 1.29 is 4.74 Å². The van der Waals surface area contributed by atoms with E-state index in [2.05, 4.69) is 48.6 Å². The van der Waals surface area contributed by atoms with Gasteiger partial charge in [-0.15, -0.1) is 0 Å². The fraction of sp³-hybridized carbons (Fsp3) is 0.500. The average molecular weight is 352 g/mol. The number of aryl methyl sites for hydroxylation is 1. The van der Waals surface area contributed by atoms with Crippen molar-refractivity contribution >= 4 is 0 Å². The van der Waals surface area contributed by atoms with Crippen LogP contribution in [0.15, 0.2) is 54.6 Å². The molecule has 0 aromatic heterocycles. The number of ether oxygens (including phenoxy) is 1. The third kappa shape index (κ3) is 6.17. The Morgan fingerprint density at radius 1 is 0.923 bits per heavy atom. The molecular weight excluding hydrogens is 318 g/mol. The minimum atomic E-state index is 0.628. The van der Waals surface area contributed by atoms with Crippen molar-refractivity contribution in [2.45, 2.75) is 64.5 Å². The molecule has 1 fully saturated rings. The van der Waals surface area contributed by atoms with Gasteiger partial charge in [-0.25, -0.2) is 0 Å². The summed E-state index contributed by atoms with van der Waals surface area (Å²) in [6, 6.07) is 19.6. The SMILES string of the molecule is CC(NCCCc1ccc(OCc2ccccc2)cc1)C1CCCCC1. The van der Waals surface area contributed by atoms with Gasteiger partial charge in [-0.1, -0.05) is 61.7 Å². The molecule has 0 bridgehead atoms. The standard InChI is InChI=1S/C24H33NO/c1-20(23-12-6-3-7-13-23)25-18-8-11-21-14-16-24(17-15-21)26-19-22-9-4-2-5-10-22/h2,4-5,9-10,14-17,20,23,25H,3,6-8,11-13,18-19H2,1H3. The molecule has 1 atom stereocenters. The summed E-state index contributed by atoms with van der Waals surface area (Å²) in [5.41, 5.74) is 2.60. The molecule has 2 aromatic carbocycles. The minimum absolute atomic E-state index is 0.628. The van der Waals surface area contributed by atoms with Crippen molar-refractivity contribution in [1.82, 2.24) is 5.32 Å². The summed E-state index contributed by atoms with van der Waals surface area (Å²) in [6.45, 7) is 4.11. The molecule has 0 heterocycles. The maximum atomic E-state index is 5.86. The summed E-state index contributed by atoms with van der Waals surface area (Å²) in [5.74, 6) is 1.84. The highest BCUT2D eigenvalue weighted by Gasteiger charge is 2.19. The zero-order valence-corrected chi connectivity index (χ0v) is 16.1. The van der Waals surface area contributed by atoms with Crippen LogP contribution in [0, 0.1) is 5.92 Å². The van der Waals surface area contributed by atoms with Gasteiger partial charge in [0.05, 0.1) is 0 Å². The van der Waals surface area contributed by atoms with Gasteiger partial charge < -0.3 is 10.1 Å². The van der Waals surface area contributed by atoms with E-state index in [0.29, 0.717) is 12.6 Å². The lowest BCUT2D eigenvalue weighted by molar-refractivity contribution is 0.281. The van der Waals surface area contributed by atoms with Crippen LogP contribution in [0.4, 0.5) is 0 Å². The van der Waals surface area contributed by atoms with Gasteiger partial charge in [0.2, 0.25) is 0 Å². The zero-order chi connectivity index (χ0) is 18.0. The molecule has 2 heteroatoms. The third-order valence-corrected chi connectivity index (χ3v) is 5.64. The molecule has 2 aromatic rings. The van der Waals surface area contributed by atoms with Crippen LogP contribution in [-0.4, -0.2) is 12.6 Å². The van der Waals surface area contributed by atoms with Crippen molar-refractivity contribution in [3.63, 3.8) is 0 Å². The van der Waals surface area contributed by atoms with E-state index in [1.54, 1.807) is 0 Å². The summed E-state index contributed by atoms with van der Waals surface area (Å²) >= 11 is 0. The summed E-state index contributed by atoms with van der Waals surface area (Å²) in [6.07, 6.45) is 9.45. The molecule has 1 saturated carbocycles. The smallest absolute Gasteiger partial charge is 0.119 e. The van der Waals surface area contributed by atoms with Gasteiger partial charge in [0.15, 0.2) is 0 Å². The second kappa shape index (κ2) is 10.4. The molecule has 0 aliphatic heterocycles. The number of hydrogen-bond acceptors (Lipinski definition) is 2. The van der Waals surface area contributed by atoms with Crippen LogP contribution >= 0.6 is 0 Å². The molecule has 0 spiro atoms. The van der Waals surface area contributed by atoms with E-state index < -0.39 is 0 Å². The molecule has 26 heavy (non-hydrogen) atoms. The first-order valence-corrected chi connectivity index (χ1v) is 10.3. The van der Waals surface area contributed by atoms with Crippen LogP contribution < -0.4 is 10.1 Å². The van der Waals surface area contributed by atoms with Crippen molar-refractivity contribution in [2.24, 2.45) is 5.92 Å². The Morgan fingerprint density at radius 2 is 1.65 bits per heavy atom. The molecule has 1 aliphatic rings. The molecule has 1 aliphatic carbocycles. The first-order valence-electron chi connectivity index (χ1n) is 10.3. The van der Waals surface area contributed by atoms with E-state index >= 15 is 0 Å². The van der Waals surface area contributed by atoms with Crippen molar-refractivity contribution in [2.75, 3.05) is 6.54 Å². The monoisotopic (exact) mass is 351 g/mol. The lowest BCUT2D eigenvalue weighted by atomic mass is 9.84. The van der Waals surface area contributed by atoms with Gasteiger partial charge in [0.1, 0.15) is 12.4 Å². The maximum Gasteiger partial charge on any atom is 0.119 e. The minimum Gasteiger partial charge on any atom is -0.489 e. The van der Waals surface area contributed by atoms with Gasteiger partial charge in [-0.3, -0.25) is 0 Å². The van der Waals surface area contributed by atoms with Gasteiger partial charge >= 0.3 is 0 Å². The number of benzene rings is 2. The Balaban J connectivity index is 1.33. The van der Waals surface area contributed by atoms with Crippen LogP contribution in [0.3, 0.4) is 0 Å². The van der Waals surface area contributed by atoms with E-state index in [1.165, 1.54) is 49.7 Å². The molecule has 1 N–H and O–H groups in total. The molecule has 1 unspecified atom stereocenters. The summed E-state index contributed by atoms with van der Waals surface area (Å²) in [5, 5.41) is 3.75. The topological polar surface area (TPSA) is 21.3 Å². The van der Waals surface area contributed by atoms with Crippen LogP contribution in [0.2, 0.25) is 0 Å². The summed E-state index contributed by atoms with van der Waals surface area (Å²) < 4.78 is 5.86. The summed E-state index contributed by atoms with van der Waals surface area (Å²) in [7, 11) is 0. The Kier molecular flexibility index (Phi) is 7.57. The van der Waals surface area contributed by atoms with E-state index in [0.717, 1.165) is 24.6 Å². The largest absolute Gasteiger partial charge is 0.489 e. The van der Waals surface area contributed by atoms with E-state index in [1.807, 2.05) is 18.2 Å². The second-order valence-corrected chi connectivity index (χ2v) is 7.66. The van der Waals surface area contributed by atoms with Crippen molar-refractivity contribution in [3.8, 4) is 5.75 Å². The molecule has 2 nitrogen and oxygen atoms in total. The molecule has 3 rings (SSSR count). The van der Waals surface area contributed by atoms with Crippen LogP contribution in [0.25, 0.3) is 0 Å². The lowest BCUT2D eigenvalue weighted by Crippen LogP contribution is -2.35. The van der Waals surface area contributed by atoms with E-state index in [4.69, 9.17) is 4.74 Å². The average Bonchev–Trinajstić information content (AvgIpc) is 2.72. The number of hydrogen-bond donors (Lipinski definition) is 1. The molecule has 0 saturated heterocycles. The lowest BCUT2D eigenvalue weighted by Gasteiger charge is -2.28. The first kappa shape index (κ1) is 19.0. The van der Waals surface area contributed by atoms with Crippen LogP contribution in [0.1, 0.15) is 56.6 Å². The van der Waals surface area contributed by atoms with Gasteiger partial charge in [0.25, 0.3) is 0 Å². The predicted molar refractivity (Wildman–Crippen MR) is 110 cm³/mol. The van der Waals surface area contributed by atoms with E-state index in [-0.39, 0.29) is 0 Å². The third-order valence-electron chi connectivity index (χ3n) is 5.64. The fourth-order valence-electron chi connectivity index (χ4n) is 3.92. The molecule has 0 radical (unpaired) electrons. The van der Waals surface area contributed by atoms with Gasteiger partial charge in [-0.2, -0.15) is 0 Å². The first-order chi connectivity index (χ1) is 12.8. The zero-order valence-electron chi connectivity index (χ0n) is 16.1. The fourth-order valence-corrected chi connectivity index (χ4v) is 3.92. The highest BCUT2D eigenvalue weighted by atomic mass is 16.5. The quantitative estimate of drug-likeness (QED) is 0.580. The highest BCUT2D eigenvalue weighted by Crippen LogP contribution is 2.26. The highest BCUT2D eigenvalue weighted by molar-refractivity contribution is 5.28. The predicted octanol–water partition coefficient (Wildman–Crippen LogP) is 5.76. The Labute approximate surface area is 159 Å². The number of rotatable bonds is 9. The van der Waals surface area contributed by atoms with Gasteiger partial charge in [-0.05, 0) is 68.3 Å². The Bertz CT molecular complexity index is 616. The van der Waals surface area contributed by atoms with Crippen LogP contribution in [-0.2, 0) is 13.0 Å². The normalized spacial score (nSPS) is 16.3. The van der Waals surface area contributed by atoms with Crippen molar-refractivity contribution in [1.29, 1.82) is 0 Å². The summed E-state index contributed by atoms with van der Waals surface area (Å²) in [4.78, 5) is 0. The maximum absolute atomic E-state index is 5.86. The number of nitrogens with one attached hydrogen (secondary N) is 1. The Hall–Kier alpha value is -1.80.